The third-order valence-electron chi connectivity index (χ3n) is 2.87. The van der Waals surface area contributed by atoms with Gasteiger partial charge in [0.15, 0.2) is 5.78 Å². The van der Waals surface area contributed by atoms with Crippen LogP contribution in [0.15, 0.2) is 0 Å². The summed E-state index contributed by atoms with van der Waals surface area (Å²) >= 11 is 6.01. The molecule has 0 aromatic rings. The average Bonchev–Trinajstić information content (AvgIpc) is 2.00. The van der Waals surface area contributed by atoms with Crippen LogP contribution in [-0.4, -0.2) is 11.2 Å². The zero-order valence-corrected chi connectivity index (χ0v) is 8.77. The first kappa shape index (κ1) is 10.0. The van der Waals surface area contributed by atoms with Gasteiger partial charge in [0.25, 0.3) is 0 Å². The molecule has 0 amide bonds. The van der Waals surface area contributed by atoms with Crippen molar-refractivity contribution in [3.8, 4) is 0 Å². The van der Waals surface area contributed by atoms with Crippen molar-refractivity contribution in [2.45, 2.75) is 39.0 Å². The van der Waals surface area contributed by atoms with Crippen molar-refractivity contribution < 1.29 is 4.79 Å². The number of rotatable bonds is 1. The molecule has 0 saturated heterocycles. The molecule has 12 heavy (non-hydrogen) atoms. The van der Waals surface area contributed by atoms with Gasteiger partial charge in [0.1, 0.15) is 0 Å². The first-order valence-corrected chi connectivity index (χ1v) is 5.15. The van der Waals surface area contributed by atoms with Crippen LogP contribution in [0.4, 0.5) is 0 Å². The predicted molar refractivity (Wildman–Crippen MR) is 51.4 cm³/mol. The summed E-state index contributed by atoms with van der Waals surface area (Å²) < 4.78 is 0. The van der Waals surface area contributed by atoms with Crippen LogP contribution >= 0.6 is 11.6 Å². The van der Waals surface area contributed by atoms with Gasteiger partial charge >= 0.3 is 0 Å². The molecule has 0 spiro atoms. The average molecular weight is 189 g/mol. The third-order valence-corrected chi connectivity index (χ3v) is 3.52. The second-order valence-electron chi connectivity index (χ2n) is 4.21. The lowest BCUT2D eigenvalue weighted by Crippen LogP contribution is -2.37. The number of hydrogen-bond donors (Lipinski definition) is 0. The molecule has 1 fully saturated rings. The topological polar surface area (TPSA) is 17.1 Å². The van der Waals surface area contributed by atoms with Crippen LogP contribution in [0.5, 0.6) is 0 Å². The molecule has 1 aliphatic carbocycles. The maximum Gasteiger partial charge on any atom is 0.154 e. The molecular formula is C10H17ClO. The summed E-state index contributed by atoms with van der Waals surface area (Å²) in [5, 5.41) is -0.230. The van der Waals surface area contributed by atoms with Gasteiger partial charge in [-0.2, -0.15) is 0 Å². The fourth-order valence-electron chi connectivity index (χ4n) is 1.88. The smallest absolute Gasteiger partial charge is 0.154 e. The number of hydrogen-bond acceptors (Lipinski definition) is 1. The highest BCUT2D eigenvalue weighted by molar-refractivity contribution is 6.31. The van der Waals surface area contributed by atoms with E-state index in [-0.39, 0.29) is 17.1 Å². The van der Waals surface area contributed by atoms with E-state index in [9.17, 15) is 4.79 Å². The van der Waals surface area contributed by atoms with Crippen molar-refractivity contribution in [1.29, 1.82) is 0 Å². The van der Waals surface area contributed by atoms with Gasteiger partial charge in [-0.15, -0.1) is 11.6 Å². The summed E-state index contributed by atoms with van der Waals surface area (Å²) in [7, 11) is 0. The summed E-state index contributed by atoms with van der Waals surface area (Å²) in [5.41, 5.74) is 0. The van der Waals surface area contributed by atoms with Gasteiger partial charge in [0.2, 0.25) is 0 Å². The normalized spacial score (nSPS) is 37.4. The van der Waals surface area contributed by atoms with Crippen LogP contribution in [0.2, 0.25) is 0 Å². The molecule has 0 bridgehead atoms. The van der Waals surface area contributed by atoms with Crippen LogP contribution < -0.4 is 0 Å². The summed E-state index contributed by atoms with van der Waals surface area (Å²) in [5.74, 6) is 1.30. The molecule has 0 heterocycles. The van der Waals surface area contributed by atoms with Gasteiger partial charge in [0.05, 0.1) is 5.38 Å². The van der Waals surface area contributed by atoms with Gasteiger partial charge in [0, 0.05) is 5.92 Å². The van der Waals surface area contributed by atoms with Gasteiger partial charge in [-0.1, -0.05) is 20.8 Å². The molecular weight excluding hydrogens is 172 g/mol. The van der Waals surface area contributed by atoms with Crippen molar-refractivity contribution >= 4 is 17.4 Å². The molecule has 0 N–H and O–H groups in total. The van der Waals surface area contributed by atoms with Crippen LogP contribution in [0.1, 0.15) is 33.6 Å². The van der Waals surface area contributed by atoms with Crippen molar-refractivity contribution in [3.63, 3.8) is 0 Å². The van der Waals surface area contributed by atoms with Crippen LogP contribution in [-0.2, 0) is 4.79 Å². The van der Waals surface area contributed by atoms with Gasteiger partial charge < -0.3 is 0 Å². The Balaban J connectivity index is 2.65. The highest BCUT2D eigenvalue weighted by Crippen LogP contribution is 2.33. The molecule has 0 aromatic heterocycles. The van der Waals surface area contributed by atoms with Gasteiger partial charge in [-0.25, -0.2) is 0 Å². The monoisotopic (exact) mass is 188 g/mol. The maximum absolute atomic E-state index is 11.6. The molecule has 0 radical (unpaired) electrons. The van der Waals surface area contributed by atoms with Crippen molar-refractivity contribution in [2.75, 3.05) is 0 Å². The largest absolute Gasteiger partial charge is 0.298 e. The Hall–Kier alpha value is -0.0400. The number of carbonyl (C=O) groups excluding carboxylic acids is 1. The first-order valence-electron chi connectivity index (χ1n) is 4.71. The van der Waals surface area contributed by atoms with Crippen molar-refractivity contribution in [2.24, 2.45) is 17.8 Å². The van der Waals surface area contributed by atoms with E-state index >= 15 is 0 Å². The van der Waals surface area contributed by atoms with Gasteiger partial charge in [-0.05, 0) is 24.7 Å². The summed E-state index contributed by atoms with van der Waals surface area (Å²) in [6, 6.07) is 0. The fraction of sp³-hybridized carbons (Fsp3) is 0.900. The van der Waals surface area contributed by atoms with Crippen LogP contribution in [0.25, 0.3) is 0 Å². The zero-order valence-electron chi connectivity index (χ0n) is 8.01. The number of ketones is 1. The Morgan fingerprint density at radius 1 is 1.42 bits per heavy atom. The summed E-state index contributed by atoms with van der Waals surface area (Å²) in [4.78, 5) is 11.6. The van der Waals surface area contributed by atoms with Crippen molar-refractivity contribution in [1.82, 2.24) is 0 Å². The molecule has 0 aromatic carbocycles. The Labute approximate surface area is 79.5 Å². The quantitative estimate of drug-likeness (QED) is 0.579. The lowest BCUT2D eigenvalue weighted by molar-refractivity contribution is -0.126. The second-order valence-corrected chi connectivity index (χ2v) is 4.68. The highest BCUT2D eigenvalue weighted by atomic mass is 35.5. The van der Waals surface area contributed by atoms with E-state index in [1.807, 2.05) is 0 Å². The minimum Gasteiger partial charge on any atom is -0.298 e. The third kappa shape index (κ3) is 1.82. The Kier molecular flexibility index (Phi) is 3.16. The van der Waals surface area contributed by atoms with E-state index < -0.39 is 0 Å². The standard InChI is InChI=1S/C10H17ClO/c1-6(2)8-5-4-7(3)9(11)10(8)12/h6-9H,4-5H2,1-3H3/t7-,8+,9+/m1/s1. The molecule has 3 atom stereocenters. The Morgan fingerprint density at radius 2 is 2.00 bits per heavy atom. The lowest BCUT2D eigenvalue weighted by atomic mass is 9.76. The SMILES string of the molecule is CC(C)[C@@H]1CC[C@@H](C)[C@H](Cl)C1=O. The van der Waals surface area contributed by atoms with Crippen molar-refractivity contribution in [3.05, 3.63) is 0 Å². The molecule has 1 rings (SSSR count). The number of carbonyl (C=O) groups is 1. The fourth-order valence-corrected chi connectivity index (χ4v) is 2.17. The number of Topliss-reactive ketones (excluding diaryl/α,β-unsaturated/α-hetero) is 1. The van der Waals surface area contributed by atoms with E-state index in [0.29, 0.717) is 11.8 Å². The molecule has 70 valence electrons. The van der Waals surface area contributed by atoms with Crippen LogP contribution in [0, 0.1) is 17.8 Å². The molecule has 0 unspecified atom stereocenters. The second kappa shape index (κ2) is 3.78. The Bertz CT molecular complexity index is 177. The lowest BCUT2D eigenvalue weighted by Gasteiger charge is -2.31. The predicted octanol–water partition coefficient (Wildman–Crippen LogP) is 2.87. The highest BCUT2D eigenvalue weighted by Gasteiger charge is 2.35. The molecule has 0 aliphatic heterocycles. The van der Waals surface area contributed by atoms with E-state index in [1.165, 1.54) is 0 Å². The molecule has 2 heteroatoms. The summed E-state index contributed by atoms with van der Waals surface area (Å²) in [6.07, 6.45) is 2.13. The summed E-state index contributed by atoms with van der Waals surface area (Å²) in [6.45, 7) is 6.26. The molecule has 1 nitrogen and oxygen atoms in total. The van der Waals surface area contributed by atoms with E-state index in [2.05, 4.69) is 20.8 Å². The number of halogens is 1. The van der Waals surface area contributed by atoms with Crippen LogP contribution in [0.3, 0.4) is 0 Å². The zero-order chi connectivity index (χ0) is 9.30. The first-order chi connectivity index (χ1) is 5.54. The molecule has 1 saturated carbocycles. The minimum absolute atomic E-state index is 0.212. The number of alkyl halides is 1. The van der Waals surface area contributed by atoms with E-state index in [0.717, 1.165) is 12.8 Å². The van der Waals surface area contributed by atoms with E-state index in [1.54, 1.807) is 0 Å². The molecule has 1 aliphatic rings. The minimum atomic E-state index is -0.230. The Morgan fingerprint density at radius 3 is 2.50 bits per heavy atom. The van der Waals surface area contributed by atoms with E-state index in [4.69, 9.17) is 11.6 Å². The van der Waals surface area contributed by atoms with Gasteiger partial charge in [-0.3, -0.25) is 4.79 Å². The maximum atomic E-state index is 11.6.